The van der Waals surface area contributed by atoms with E-state index in [0.29, 0.717) is 36.1 Å². The van der Waals surface area contributed by atoms with Crippen molar-refractivity contribution in [3.63, 3.8) is 0 Å². The third-order valence-electron chi connectivity index (χ3n) is 7.14. The lowest BCUT2D eigenvalue weighted by Gasteiger charge is -2.25. The molecule has 0 N–H and O–H groups in total. The SMILES string of the molecule is CCCCCCOc1ccc(C2c3c(oc4ccccc4c3=O)C(=O)N2CCc2ccc(OC)cc2)cc1. The Hall–Kier alpha value is -4.06. The fraction of sp³-hybridized carbons (Fsp3) is 0.312. The molecule has 1 aromatic heterocycles. The molecule has 0 saturated heterocycles. The normalized spacial score (nSPS) is 14.6. The van der Waals surface area contributed by atoms with Gasteiger partial charge in [0.05, 0.1) is 30.7 Å². The monoisotopic (exact) mass is 511 g/mol. The van der Waals surface area contributed by atoms with Crippen LogP contribution in [0.4, 0.5) is 0 Å². The number of methoxy groups -OCH3 is 1. The summed E-state index contributed by atoms with van der Waals surface area (Å²) < 4.78 is 17.2. The topological polar surface area (TPSA) is 69.0 Å². The van der Waals surface area contributed by atoms with Gasteiger partial charge in [-0.1, -0.05) is 62.6 Å². The Morgan fingerprint density at radius 1 is 0.868 bits per heavy atom. The highest BCUT2D eigenvalue weighted by atomic mass is 16.5. The summed E-state index contributed by atoms with van der Waals surface area (Å²) in [4.78, 5) is 29.0. The number of hydrogen-bond donors (Lipinski definition) is 0. The molecule has 3 aromatic carbocycles. The number of rotatable bonds is 11. The highest BCUT2D eigenvalue weighted by molar-refractivity contribution is 5.99. The van der Waals surface area contributed by atoms with Gasteiger partial charge in [0.2, 0.25) is 5.76 Å². The molecule has 0 aliphatic carbocycles. The molecule has 5 rings (SSSR count). The number of fused-ring (bicyclic) bond motifs is 2. The van der Waals surface area contributed by atoms with Crippen molar-refractivity contribution in [2.75, 3.05) is 20.3 Å². The lowest BCUT2D eigenvalue weighted by Crippen LogP contribution is -2.31. The van der Waals surface area contributed by atoms with Crippen molar-refractivity contribution in [2.24, 2.45) is 0 Å². The van der Waals surface area contributed by atoms with Crippen LogP contribution in [0, 0.1) is 0 Å². The number of hydrogen-bond acceptors (Lipinski definition) is 5. The van der Waals surface area contributed by atoms with Crippen molar-refractivity contribution >= 4 is 16.9 Å². The zero-order valence-electron chi connectivity index (χ0n) is 21.9. The van der Waals surface area contributed by atoms with Gasteiger partial charge in [-0.25, -0.2) is 0 Å². The van der Waals surface area contributed by atoms with Crippen LogP contribution in [0.1, 0.15) is 65.9 Å². The van der Waals surface area contributed by atoms with Gasteiger partial charge in [0.25, 0.3) is 5.91 Å². The van der Waals surface area contributed by atoms with Crippen LogP contribution in [0.2, 0.25) is 0 Å². The number of para-hydroxylation sites is 1. The maximum absolute atomic E-state index is 13.7. The van der Waals surface area contributed by atoms with Crippen LogP contribution >= 0.6 is 0 Å². The van der Waals surface area contributed by atoms with Gasteiger partial charge in [0, 0.05) is 6.54 Å². The van der Waals surface area contributed by atoms with Crippen LogP contribution in [-0.4, -0.2) is 31.1 Å². The minimum absolute atomic E-state index is 0.129. The standard InChI is InChI=1S/C32H33NO5/c1-3-4-5-8-21-37-25-17-13-23(14-18-25)29-28-30(34)26-9-6-7-10-27(26)38-31(28)32(35)33(29)20-19-22-11-15-24(36-2)16-12-22/h6-7,9-18,29H,3-5,8,19-21H2,1-2H3. The molecule has 1 aliphatic heterocycles. The van der Waals surface area contributed by atoms with Crippen molar-refractivity contribution in [3.8, 4) is 11.5 Å². The highest BCUT2D eigenvalue weighted by Gasteiger charge is 2.42. The summed E-state index contributed by atoms with van der Waals surface area (Å²) in [7, 11) is 1.64. The maximum atomic E-state index is 13.7. The number of nitrogens with zero attached hydrogens (tertiary/aromatic N) is 1. The molecule has 196 valence electrons. The highest BCUT2D eigenvalue weighted by Crippen LogP contribution is 2.38. The number of unbranched alkanes of at least 4 members (excludes halogenated alkanes) is 3. The Morgan fingerprint density at radius 3 is 2.34 bits per heavy atom. The molecule has 1 atom stereocenters. The van der Waals surface area contributed by atoms with Crippen molar-refractivity contribution < 1.29 is 18.7 Å². The van der Waals surface area contributed by atoms with E-state index < -0.39 is 6.04 Å². The number of carbonyl (C=O) groups is 1. The Bertz CT molecular complexity index is 1460. The maximum Gasteiger partial charge on any atom is 0.290 e. The predicted molar refractivity (Wildman–Crippen MR) is 148 cm³/mol. The molecule has 4 aromatic rings. The Balaban J connectivity index is 1.45. The molecule has 0 fully saturated rings. The smallest absolute Gasteiger partial charge is 0.290 e. The summed E-state index contributed by atoms with van der Waals surface area (Å²) in [6.07, 6.45) is 5.21. The number of carbonyl (C=O) groups excluding carboxylic acids is 1. The zero-order valence-corrected chi connectivity index (χ0v) is 21.9. The molecule has 0 spiro atoms. The largest absolute Gasteiger partial charge is 0.497 e. The minimum atomic E-state index is -0.532. The average molecular weight is 512 g/mol. The van der Waals surface area contributed by atoms with Gasteiger partial charge in [0.1, 0.15) is 17.1 Å². The molecular formula is C32H33NO5. The van der Waals surface area contributed by atoms with Crippen molar-refractivity contribution in [2.45, 2.75) is 45.1 Å². The second kappa shape index (κ2) is 11.5. The molecule has 1 aliphatic rings. The summed E-state index contributed by atoms with van der Waals surface area (Å²) >= 11 is 0. The van der Waals surface area contributed by atoms with Gasteiger partial charge in [-0.2, -0.15) is 0 Å². The Morgan fingerprint density at radius 2 is 1.61 bits per heavy atom. The summed E-state index contributed by atoms with van der Waals surface area (Å²) in [5.41, 5.74) is 2.59. The summed E-state index contributed by atoms with van der Waals surface area (Å²) in [6.45, 7) is 3.30. The summed E-state index contributed by atoms with van der Waals surface area (Å²) in [5, 5.41) is 0.480. The first-order chi connectivity index (χ1) is 18.6. The predicted octanol–water partition coefficient (Wildman–Crippen LogP) is 6.55. The molecule has 0 bridgehead atoms. The van der Waals surface area contributed by atoms with E-state index in [-0.39, 0.29) is 17.1 Å². The van der Waals surface area contributed by atoms with Crippen molar-refractivity contribution in [1.82, 2.24) is 4.90 Å². The third-order valence-corrected chi connectivity index (χ3v) is 7.14. The number of ether oxygens (including phenoxy) is 2. The molecule has 38 heavy (non-hydrogen) atoms. The molecule has 0 radical (unpaired) electrons. The third kappa shape index (κ3) is 5.17. The summed E-state index contributed by atoms with van der Waals surface area (Å²) in [5.74, 6) is 1.43. The molecule has 1 amide bonds. The first-order valence-electron chi connectivity index (χ1n) is 13.3. The summed E-state index contributed by atoms with van der Waals surface area (Å²) in [6, 6.07) is 22.1. The lowest BCUT2D eigenvalue weighted by atomic mass is 9.98. The van der Waals surface area contributed by atoms with Crippen LogP contribution < -0.4 is 14.9 Å². The molecule has 2 heterocycles. The van der Waals surface area contributed by atoms with Crippen molar-refractivity contribution in [3.05, 3.63) is 105 Å². The van der Waals surface area contributed by atoms with E-state index in [1.807, 2.05) is 54.6 Å². The van der Waals surface area contributed by atoms with E-state index in [4.69, 9.17) is 13.9 Å². The quantitative estimate of drug-likeness (QED) is 0.214. The zero-order chi connectivity index (χ0) is 26.5. The van der Waals surface area contributed by atoms with E-state index in [9.17, 15) is 9.59 Å². The first kappa shape index (κ1) is 25.6. The Kier molecular flexibility index (Phi) is 7.78. The average Bonchev–Trinajstić information content (AvgIpc) is 3.24. The number of amides is 1. The van der Waals surface area contributed by atoms with Crippen LogP contribution in [-0.2, 0) is 6.42 Å². The molecule has 6 nitrogen and oxygen atoms in total. The first-order valence-corrected chi connectivity index (χ1v) is 13.3. The fourth-order valence-corrected chi connectivity index (χ4v) is 5.05. The van der Waals surface area contributed by atoms with E-state index >= 15 is 0 Å². The molecule has 6 heteroatoms. The lowest BCUT2D eigenvalue weighted by molar-refractivity contribution is 0.0730. The minimum Gasteiger partial charge on any atom is -0.497 e. The van der Waals surface area contributed by atoms with Gasteiger partial charge >= 0.3 is 0 Å². The fourth-order valence-electron chi connectivity index (χ4n) is 5.05. The molecular weight excluding hydrogens is 478 g/mol. The van der Waals surface area contributed by atoms with Gasteiger partial charge in [0.15, 0.2) is 5.43 Å². The van der Waals surface area contributed by atoms with Crippen LogP contribution in [0.3, 0.4) is 0 Å². The molecule has 1 unspecified atom stereocenters. The van der Waals surface area contributed by atoms with E-state index in [0.717, 1.165) is 35.5 Å². The van der Waals surface area contributed by atoms with E-state index in [1.165, 1.54) is 12.8 Å². The number of benzene rings is 3. The second-order valence-electron chi connectivity index (χ2n) is 9.65. The Labute approximate surface area is 222 Å². The van der Waals surface area contributed by atoms with Crippen LogP contribution in [0.5, 0.6) is 11.5 Å². The molecule has 0 saturated carbocycles. The van der Waals surface area contributed by atoms with Crippen LogP contribution in [0.25, 0.3) is 11.0 Å². The van der Waals surface area contributed by atoms with Crippen LogP contribution in [0.15, 0.2) is 82.0 Å². The van der Waals surface area contributed by atoms with Gasteiger partial charge in [-0.15, -0.1) is 0 Å². The van der Waals surface area contributed by atoms with E-state index in [2.05, 4.69) is 6.92 Å². The second-order valence-corrected chi connectivity index (χ2v) is 9.65. The van der Waals surface area contributed by atoms with Gasteiger partial charge in [-0.3, -0.25) is 9.59 Å². The van der Waals surface area contributed by atoms with E-state index in [1.54, 1.807) is 30.2 Å². The van der Waals surface area contributed by atoms with Gasteiger partial charge in [-0.05, 0) is 60.4 Å². The van der Waals surface area contributed by atoms with Crippen molar-refractivity contribution in [1.29, 1.82) is 0 Å². The van der Waals surface area contributed by atoms with Gasteiger partial charge < -0.3 is 18.8 Å².